The van der Waals surface area contributed by atoms with Crippen LogP contribution in [-0.2, 0) is 10.5 Å². The van der Waals surface area contributed by atoms with Gasteiger partial charge in [-0.25, -0.2) is 4.79 Å². The van der Waals surface area contributed by atoms with Crippen LogP contribution in [0.25, 0.3) is 0 Å². The second-order valence-electron chi connectivity index (χ2n) is 5.74. The Hall–Kier alpha value is -2.89. The molecule has 3 atom stereocenters. The second kappa shape index (κ2) is 7.99. The summed E-state index contributed by atoms with van der Waals surface area (Å²) in [6, 6.07) is 11.8. The quantitative estimate of drug-likeness (QED) is 0.738. The lowest BCUT2D eigenvalue weighted by Crippen LogP contribution is -2.55. The highest BCUT2D eigenvalue weighted by Gasteiger charge is 2.37. The molecule has 0 aliphatic carbocycles. The summed E-state index contributed by atoms with van der Waals surface area (Å²) in [6.45, 7) is 0. The van der Waals surface area contributed by atoms with E-state index in [2.05, 4.69) is 15.6 Å². The Morgan fingerprint density at radius 2 is 2.08 bits per heavy atom. The van der Waals surface area contributed by atoms with Gasteiger partial charge in [-0.2, -0.15) is 5.26 Å². The van der Waals surface area contributed by atoms with Gasteiger partial charge in [0.1, 0.15) is 11.4 Å². The van der Waals surface area contributed by atoms with Crippen LogP contribution in [0.4, 0.5) is 0 Å². The lowest BCUT2D eigenvalue weighted by Gasteiger charge is -2.34. The van der Waals surface area contributed by atoms with E-state index in [0.717, 1.165) is 11.1 Å². The molecule has 0 radical (unpaired) electrons. The number of thioether (sulfide) groups is 1. The van der Waals surface area contributed by atoms with Gasteiger partial charge in [0.05, 0.1) is 17.7 Å². The van der Waals surface area contributed by atoms with E-state index in [-0.39, 0.29) is 11.5 Å². The van der Waals surface area contributed by atoms with Gasteiger partial charge in [0.2, 0.25) is 5.91 Å². The number of amides is 1. The average molecular weight is 368 g/mol. The van der Waals surface area contributed by atoms with Gasteiger partial charge in [0.25, 0.3) is 0 Å². The molecule has 8 heteroatoms. The average Bonchev–Trinajstić information content (AvgIpc) is 2.67. The third-order valence-electron chi connectivity index (χ3n) is 4.01. The number of carboxylic acid groups (broad SMARTS) is 1. The van der Waals surface area contributed by atoms with E-state index in [1.54, 1.807) is 36.7 Å². The summed E-state index contributed by atoms with van der Waals surface area (Å²) in [4.78, 5) is 27.3. The topological polar surface area (TPSA) is 115 Å². The van der Waals surface area contributed by atoms with Crippen molar-refractivity contribution in [2.45, 2.75) is 17.3 Å². The molecule has 1 aromatic heterocycles. The molecule has 2 aromatic rings. The Morgan fingerprint density at radius 3 is 2.77 bits per heavy atom. The van der Waals surface area contributed by atoms with E-state index >= 15 is 0 Å². The molecule has 1 aromatic carbocycles. The molecule has 1 aliphatic heterocycles. The molecule has 0 spiro atoms. The van der Waals surface area contributed by atoms with Crippen LogP contribution >= 0.6 is 11.8 Å². The van der Waals surface area contributed by atoms with Crippen molar-refractivity contribution in [3.8, 4) is 6.07 Å². The van der Waals surface area contributed by atoms with Gasteiger partial charge in [0, 0.05) is 18.1 Å². The Labute approximate surface area is 154 Å². The fourth-order valence-corrected chi connectivity index (χ4v) is 3.71. The molecular weight excluding hydrogens is 352 g/mol. The minimum atomic E-state index is -0.976. The van der Waals surface area contributed by atoms with Crippen molar-refractivity contribution in [3.63, 3.8) is 0 Å². The smallest absolute Gasteiger partial charge is 0.335 e. The highest BCUT2D eigenvalue weighted by Crippen LogP contribution is 2.28. The van der Waals surface area contributed by atoms with Crippen LogP contribution in [0.5, 0.6) is 0 Å². The molecule has 3 rings (SSSR count). The van der Waals surface area contributed by atoms with E-state index in [0.29, 0.717) is 5.75 Å². The van der Waals surface area contributed by atoms with Crippen molar-refractivity contribution < 1.29 is 14.7 Å². The Morgan fingerprint density at radius 1 is 1.31 bits per heavy atom. The third-order valence-corrected chi connectivity index (χ3v) is 5.10. The normalized spacial score (nSPS) is 22.3. The van der Waals surface area contributed by atoms with Crippen LogP contribution in [0, 0.1) is 17.2 Å². The zero-order valence-corrected chi connectivity index (χ0v) is 14.4. The number of hydrogen-bond acceptors (Lipinski definition) is 6. The molecule has 0 saturated carbocycles. The van der Waals surface area contributed by atoms with Gasteiger partial charge in [-0.3, -0.25) is 15.1 Å². The van der Waals surface area contributed by atoms with Crippen molar-refractivity contribution in [3.05, 3.63) is 65.5 Å². The molecule has 132 valence electrons. The van der Waals surface area contributed by atoms with Crippen molar-refractivity contribution >= 4 is 23.6 Å². The van der Waals surface area contributed by atoms with Crippen LogP contribution in [0.2, 0.25) is 0 Å². The predicted octanol–water partition coefficient (Wildman–Crippen LogP) is 1.90. The molecule has 2 heterocycles. The largest absolute Gasteiger partial charge is 0.478 e. The minimum Gasteiger partial charge on any atom is -0.478 e. The van der Waals surface area contributed by atoms with Gasteiger partial charge in [0.15, 0.2) is 0 Å². The van der Waals surface area contributed by atoms with Gasteiger partial charge < -0.3 is 10.4 Å². The van der Waals surface area contributed by atoms with E-state index in [4.69, 9.17) is 5.11 Å². The van der Waals surface area contributed by atoms with Gasteiger partial charge in [-0.05, 0) is 35.4 Å². The molecular formula is C18H16N4O3S. The number of carbonyl (C=O) groups excluding carboxylic acids is 1. The lowest BCUT2D eigenvalue weighted by atomic mass is 9.93. The summed E-state index contributed by atoms with van der Waals surface area (Å²) in [7, 11) is 0. The van der Waals surface area contributed by atoms with Crippen LogP contribution in [-0.4, -0.2) is 27.5 Å². The van der Waals surface area contributed by atoms with Crippen molar-refractivity contribution in [1.29, 1.82) is 5.26 Å². The Balaban J connectivity index is 1.71. The molecule has 1 saturated heterocycles. The standard InChI is InChI=1S/C18H16N4O3S/c19-9-14-15(12-4-6-20-7-5-12)21-18(22-16(14)23)26-10-11-2-1-3-13(8-11)17(24)25/h1-8,14-15,18,21H,10H2,(H,22,23)(H,24,25). The summed E-state index contributed by atoms with van der Waals surface area (Å²) in [6.07, 6.45) is 3.25. The molecule has 3 N–H and O–H groups in total. The zero-order valence-electron chi connectivity index (χ0n) is 13.6. The highest BCUT2D eigenvalue weighted by atomic mass is 32.2. The fourth-order valence-electron chi connectivity index (χ4n) is 2.73. The third kappa shape index (κ3) is 4.02. The zero-order chi connectivity index (χ0) is 18.5. The summed E-state index contributed by atoms with van der Waals surface area (Å²) in [5.74, 6) is -1.62. The van der Waals surface area contributed by atoms with Crippen molar-refractivity contribution in [2.24, 2.45) is 5.92 Å². The van der Waals surface area contributed by atoms with Crippen molar-refractivity contribution in [1.82, 2.24) is 15.6 Å². The number of hydrogen-bond donors (Lipinski definition) is 3. The SMILES string of the molecule is N#CC1C(=O)NC(SCc2cccc(C(=O)O)c2)NC1c1ccncc1. The molecule has 0 bridgehead atoms. The molecule has 26 heavy (non-hydrogen) atoms. The lowest BCUT2D eigenvalue weighted by molar-refractivity contribution is -0.126. The Bertz CT molecular complexity index is 853. The highest BCUT2D eigenvalue weighted by molar-refractivity contribution is 7.99. The van der Waals surface area contributed by atoms with Gasteiger partial charge >= 0.3 is 5.97 Å². The van der Waals surface area contributed by atoms with Crippen LogP contribution in [0.15, 0.2) is 48.8 Å². The maximum atomic E-state index is 12.3. The first-order valence-corrected chi connectivity index (χ1v) is 8.93. The first-order chi connectivity index (χ1) is 12.6. The first-order valence-electron chi connectivity index (χ1n) is 7.88. The number of pyridine rings is 1. The number of aromatic carboxylic acids is 1. The molecule has 7 nitrogen and oxygen atoms in total. The Kier molecular flexibility index (Phi) is 5.51. The molecule has 3 unspecified atom stereocenters. The summed E-state index contributed by atoms with van der Waals surface area (Å²) >= 11 is 1.42. The fraction of sp³-hybridized carbons (Fsp3) is 0.222. The molecule has 1 amide bonds. The summed E-state index contributed by atoms with van der Waals surface area (Å²) < 4.78 is 0. The van der Waals surface area contributed by atoms with Gasteiger partial charge in [-0.1, -0.05) is 12.1 Å². The van der Waals surface area contributed by atoms with Crippen LogP contribution in [0.1, 0.15) is 27.5 Å². The maximum absolute atomic E-state index is 12.3. The number of rotatable bonds is 5. The summed E-state index contributed by atoms with van der Waals surface area (Å²) in [5.41, 5.74) is 1.50. The number of carboxylic acids is 1. The maximum Gasteiger partial charge on any atom is 0.335 e. The minimum absolute atomic E-state index is 0.225. The van der Waals surface area contributed by atoms with E-state index in [1.807, 2.05) is 12.1 Å². The predicted molar refractivity (Wildman–Crippen MR) is 95.8 cm³/mol. The van der Waals surface area contributed by atoms with Crippen molar-refractivity contribution in [2.75, 3.05) is 0 Å². The number of carbonyl (C=O) groups is 2. The first kappa shape index (κ1) is 17.9. The van der Waals surface area contributed by atoms with Gasteiger partial charge in [-0.15, -0.1) is 11.8 Å². The summed E-state index contributed by atoms with van der Waals surface area (Å²) in [5, 5.41) is 24.5. The van der Waals surface area contributed by atoms with Crippen LogP contribution < -0.4 is 10.6 Å². The number of benzene rings is 1. The van der Waals surface area contributed by atoms with Crippen LogP contribution in [0.3, 0.4) is 0 Å². The molecule has 1 aliphatic rings. The second-order valence-corrected chi connectivity index (χ2v) is 6.83. The number of nitrogens with one attached hydrogen (secondary N) is 2. The number of nitriles is 1. The van der Waals surface area contributed by atoms with E-state index < -0.39 is 23.4 Å². The van der Waals surface area contributed by atoms with E-state index in [1.165, 1.54) is 17.8 Å². The molecule has 1 fully saturated rings. The number of aromatic nitrogens is 1. The monoisotopic (exact) mass is 368 g/mol. The number of nitrogens with zero attached hydrogens (tertiary/aromatic N) is 2. The van der Waals surface area contributed by atoms with E-state index in [9.17, 15) is 14.9 Å².